The van der Waals surface area contributed by atoms with Crippen LogP contribution >= 0.6 is 0 Å². The molecular formula is C17H25F3N4O2. The van der Waals surface area contributed by atoms with Crippen LogP contribution < -0.4 is 10.1 Å². The summed E-state index contributed by atoms with van der Waals surface area (Å²) < 4.78 is 47.3. The number of halogens is 3. The van der Waals surface area contributed by atoms with Gasteiger partial charge in [0.05, 0.1) is 13.2 Å². The van der Waals surface area contributed by atoms with E-state index in [1.165, 1.54) is 6.20 Å². The van der Waals surface area contributed by atoms with Crippen molar-refractivity contribution in [1.82, 2.24) is 15.2 Å². The summed E-state index contributed by atoms with van der Waals surface area (Å²) in [6.07, 6.45) is -1.99. The van der Waals surface area contributed by atoms with Crippen LogP contribution in [-0.4, -0.2) is 62.0 Å². The zero-order valence-electron chi connectivity index (χ0n) is 15.1. The van der Waals surface area contributed by atoms with E-state index in [4.69, 9.17) is 9.47 Å². The lowest BCUT2D eigenvalue weighted by molar-refractivity contribution is -0.154. The topological polar surface area (TPSA) is 59.0 Å². The highest BCUT2D eigenvalue weighted by atomic mass is 19.4. The van der Waals surface area contributed by atoms with Gasteiger partial charge in [-0.1, -0.05) is 6.07 Å². The van der Waals surface area contributed by atoms with Gasteiger partial charge in [-0.25, -0.2) is 9.98 Å². The molecule has 9 heteroatoms. The van der Waals surface area contributed by atoms with Crippen molar-refractivity contribution in [2.75, 3.05) is 40.0 Å². The number of hydrogen-bond donors (Lipinski definition) is 1. The molecule has 1 aromatic heterocycles. The third-order valence-electron chi connectivity index (χ3n) is 3.87. The number of aliphatic imine (C=N–C) groups is 1. The Labute approximate surface area is 151 Å². The summed E-state index contributed by atoms with van der Waals surface area (Å²) in [5, 5.41) is 3.20. The van der Waals surface area contributed by atoms with E-state index in [1.54, 1.807) is 12.1 Å². The molecule has 0 radical (unpaired) electrons. The summed E-state index contributed by atoms with van der Waals surface area (Å²) in [6, 6.07) is 3.31. The van der Waals surface area contributed by atoms with Crippen LogP contribution in [-0.2, 0) is 11.3 Å². The van der Waals surface area contributed by atoms with Crippen LogP contribution in [0.15, 0.2) is 23.3 Å². The van der Waals surface area contributed by atoms with Crippen molar-refractivity contribution in [3.05, 3.63) is 23.9 Å². The predicted octanol–water partition coefficient (Wildman–Crippen LogP) is 2.46. The van der Waals surface area contributed by atoms with Crippen LogP contribution in [0.4, 0.5) is 13.2 Å². The first-order chi connectivity index (χ1) is 12.4. The van der Waals surface area contributed by atoms with Crippen molar-refractivity contribution in [2.45, 2.75) is 26.1 Å². The zero-order valence-corrected chi connectivity index (χ0v) is 15.1. The molecule has 1 atom stereocenters. The van der Waals surface area contributed by atoms with E-state index >= 15 is 0 Å². The molecule has 1 N–H and O–H groups in total. The van der Waals surface area contributed by atoms with Gasteiger partial charge in [-0.3, -0.25) is 0 Å². The number of guanidine groups is 1. The number of rotatable bonds is 7. The van der Waals surface area contributed by atoms with E-state index in [0.29, 0.717) is 24.0 Å². The fraction of sp³-hybridized carbons (Fsp3) is 0.647. The Morgan fingerprint density at radius 1 is 1.50 bits per heavy atom. The molecule has 1 aromatic rings. The Bertz CT molecular complexity index is 590. The molecule has 0 spiro atoms. The number of nitrogens with one attached hydrogen (secondary N) is 1. The maximum Gasteiger partial charge on any atom is 0.422 e. The van der Waals surface area contributed by atoms with Crippen molar-refractivity contribution >= 4 is 5.96 Å². The Morgan fingerprint density at radius 3 is 2.96 bits per heavy atom. The molecule has 6 nitrogen and oxygen atoms in total. The monoisotopic (exact) mass is 374 g/mol. The van der Waals surface area contributed by atoms with Gasteiger partial charge in [0.25, 0.3) is 0 Å². The molecule has 1 aliphatic heterocycles. The van der Waals surface area contributed by atoms with Crippen molar-refractivity contribution in [1.29, 1.82) is 0 Å². The molecule has 146 valence electrons. The highest BCUT2D eigenvalue weighted by Crippen LogP contribution is 2.20. The first kappa shape index (κ1) is 20.3. The average Bonchev–Trinajstić information content (AvgIpc) is 3.09. The lowest BCUT2D eigenvalue weighted by Crippen LogP contribution is -2.41. The van der Waals surface area contributed by atoms with Crippen molar-refractivity contribution < 1.29 is 22.6 Å². The summed E-state index contributed by atoms with van der Waals surface area (Å²) in [7, 11) is 1.93. The molecule has 1 fully saturated rings. The lowest BCUT2D eigenvalue weighted by Gasteiger charge is -2.24. The van der Waals surface area contributed by atoms with Crippen molar-refractivity contribution in [2.24, 2.45) is 10.9 Å². The average molecular weight is 374 g/mol. The first-order valence-electron chi connectivity index (χ1n) is 8.59. The molecule has 26 heavy (non-hydrogen) atoms. The standard InChI is InChI=1S/C17H25F3N4O2/c1-3-21-16(24(2)10-13-6-8-25-11-13)23-9-14-5-4-7-22-15(14)26-12-17(18,19)20/h4-5,7,13H,3,6,8-12H2,1-2H3,(H,21,23). The summed E-state index contributed by atoms with van der Waals surface area (Å²) in [5.41, 5.74) is 0.504. The molecule has 2 rings (SSSR count). The maximum absolute atomic E-state index is 12.4. The second-order valence-electron chi connectivity index (χ2n) is 6.15. The van der Waals surface area contributed by atoms with Gasteiger partial charge in [0, 0.05) is 44.4 Å². The number of aromatic nitrogens is 1. The summed E-state index contributed by atoms with van der Waals surface area (Å²) in [5.74, 6) is 1.09. The van der Waals surface area contributed by atoms with Gasteiger partial charge in [-0.15, -0.1) is 0 Å². The normalized spacial score (nSPS) is 18.0. The number of hydrogen-bond acceptors (Lipinski definition) is 4. The Balaban J connectivity index is 2.03. The van der Waals surface area contributed by atoms with E-state index in [1.807, 2.05) is 18.9 Å². The molecule has 1 aliphatic rings. The minimum Gasteiger partial charge on any atom is -0.468 e. The van der Waals surface area contributed by atoms with Gasteiger partial charge in [0.1, 0.15) is 0 Å². The predicted molar refractivity (Wildman–Crippen MR) is 92.2 cm³/mol. The van der Waals surface area contributed by atoms with Gasteiger partial charge in [-0.05, 0) is 19.4 Å². The molecule has 0 aromatic carbocycles. The summed E-state index contributed by atoms with van der Waals surface area (Å²) in [6.45, 7) is 3.77. The molecule has 1 unspecified atom stereocenters. The number of alkyl halides is 3. The van der Waals surface area contributed by atoms with E-state index in [0.717, 1.165) is 26.2 Å². The van der Waals surface area contributed by atoms with Gasteiger partial charge >= 0.3 is 6.18 Å². The van der Waals surface area contributed by atoms with Gasteiger partial charge in [0.15, 0.2) is 12.6 Å². The zero-order chi connectivity index (χ0) is 19.0. The largest absolute Gasteiger partial charge is 0.468 e. The Kier molecular flexibility index (Phi) is 7.50. The third-order valence-corrected chi connectivity index (χ3v) is 3.87. The molecule has 0 aliphatic carbocycles. The van der Waals surface area contributed by atoms with Crippen LogP contribution in [0.25, 0.3) is 0 Å². The van der Waals surface area contributed by atoms with Gasteiger partial charge < -0.3 is 19.7 Å². The van der Waals surface area contributed by atoms with E-state index in [2.05, 4.69) is 15.3 Å². The maximum atomic E-state index is 12.4. The molecule has 0 bridgehead atoms. The van der Waals surface area contributed by atoms with E-state index in [9.17, 15) is 13.2 Å². The van der Waals surface area contributed by atoms with Crippen molar-refractivity contribution in [3.63, 3.8) is 0 Å². The summed E-state index contributed by atoms with van der Waals surface area (Å²) >= 11 is 0. The van der Waals surface area contributed by atoms with Crippen LogP contribution in [0.1, 0.15) is 18.9 Å². The molecule has 1 saturated heterocycles. The minimum absolute atomic E-state index is 0.0451. The molecule has 0 amide bonds. The quantitative estimate of drug-likeness (QED) is 0.587. The van der Waals surface area contributed by atoms with Crippen LogP contribution in [0.3, 0.4) is 0 Å². The third kappa shape index (κ3) is 6.70. The second-order valence-corrected chi connectivity index (χ2v) is 6.15. The van der Waals surface area contributed by atoms with Crippen LogP contribution in [0.2, 0.25) is 0 Å². The lowest BCUT2D eigenvalue weighted by atomic mass is 10.1. The van der Waals surface area contributed by atoms with Crippen LogP contribution in [0, 0.1) is 5.92 Å². The Hall–Kier alpha value is -2.03. The highest BCUT2D eigenvalue weighted by molar-refractivity contribution is 5.79. The van der Waals surface area contributed by atoms with Crippen molar-refractivity contribution in [3.8, 4) is 5.88 Å². The van der Waals surface area contributed by atoms with Gasteiger partial charge in [0.2, 0.25) is 5.88 Å². The fourth-order valence-electron chi connectivity index (χ4n) is 2.66. The first-order valence-corrected chi connectivity index (χ1v) is 8.59. The summed E-state index contributed by atoms with van der Waals surface area (Å²) in [4.78, 5) is 10.4. The fourth-order valence-corrected chi connectivity index (χ4v) is 2.66. The van der Waals surface area contributed by atoms with Crippen LogP contribution in [0.5, 0.6) is 5.88 Å². The number of nitrogens with zero attached hydrogens (tertiary/aromatic N) is 3. The highest BCUT2D eigenvalue weighted by Gasteiger charge is 2.29. The molecule has 0 saturated carbocycles. The number of ether oxygens (including phenoxy) is 2. The van der Waals surface area contributed by atoms with Gasteiger partial charge in [-0.2, -0.15) is 13.2 Å². The SMILES string of the molecule is CCNC(=NCc1cccnc1OCC(F)(F)F)N(C)CC1CCOC1. The Morgan fingerprint density at radius 2 is 2.31 bits per heavy atom. The molecule has 2 heterocycles. The number of pyridine rings is 1. The second kappa shape index (κ2) is 9.61. The minimum atomic E-state index is -4.41. The smallest absolute Gasteiger partial charge is 0.422 e. The van der Waals surface area contributed by atoms with E-state index < -0.39 is 12.8 Å². The molecular weight excluding hydrogens is 349 g/mol. The van der Waals surface area contributed by atoms with E-state index in [-0.39, 0.29) is 12.4 Å².